The second kappa shape index (κ2) is 8.04. The van der Waals surface area contributed by atoms with E-state index in [9.17, 15) is 14.4 Å². The lowest BCUT2D eigenvalue weighted by Gasteiger charge is -2.08. The van der Waals surface area contributed by atoms with E-state index in [0.29, 0.717) is 17.9 Å². The maximum Gasteiger partial charge on any atom is 0.338 e. The first-order chi connectivity index (χ1) is 9.93. The predicted octanol–water partition coefficient (Wildman–Crippen LogP) is 2.30. The molecule has 0 radical (unpaired) electrons. The van der Waals surface area contributed by atoms with Crippen molar-refractivity contribution in [3.63, 3.8) is 0 Å². The van der Waals surface area contributed by atoms with Gasteiger partial charge in [-0.15, -0.1) is 0 Å². The quantitative estimate of drug-likeness (QED) is 0.752. The largest absolute Gasteiger partial charge is 0.481 e. The molecule has 1 atom stereocenters. The molecule has 2 N–H and O–H groups in total. The molecule has 0 aliphatic heterocycles. The van der Waals surface area contributed by atoms with E-state index < -0.39 is 17.9 Å². The third-order valence-corrected chi connectivity index (χ3v) is 2.91. The summed E-state index contributed by atoms with van der Waals surface area (Å²) in [6, 6.07) is 6.33. The zero-order chi connectivity index (χ0) is 15.8. The van der Waals surface area contributed by atoms with Gasteiger partial charge in [-0.2, -0.15) is 0 Å². The predicted molar refractivity (Wildman–Crippen MR) is 77.1 cm³/mol. The molecule has 21 heavy (non-hydrogen) atoms. The van der Waals surface area contributed by atoms with Gasteiger partial charge in [-0.05, 0) is 37.6 Å². The highest BCUT2D eigenvalue weighted by molar-refractivity contribution is 5.93. The van der Waals surface area contributed by atoms with Crippen LogP contribution in [0.5, 0.6) is 0 Å². The highest BCUT2D eigenvalue weighted by Crippen LogP contribution is 2.12. The Morgan fingerprint density at radius 1 is 1.24 bits per heavy atom. The molecule has 0 aliphatic carbocycles. The molecule has 1 rings (SSSR count). The summed E-state index contributed by atoms with van der Waals surface area (Å²) >= 11 is 0. The van der Waals surface area contributed by atoms with Gasteiger partial charge in [0.15, 0.2) is 0 Å². The molecular formula is C15H19NO5. The summed E-state index contributed by atoms with van der Waals surface area (Å²) < 4.78 is 4.85. The van der Waals surface area contributed by atoms with Crippen LogP contribution >= 0.6 is 0 Å². The topological polar surface area (TPSA) is 92.7 Å². The van der Waals surface area contributed by atoms with Crippen LogP contribution in [0.1, 0.15) is 37.0 Å². The van der Waals surface area contributed by atoms with E-state index in [-0.39, 0.29) is 18.7 Å². The Balaban J connectivity index is 2.50. The molecule has 0 fully saturated rings. The van der Waals surface area contributed by atoms with Crippen LogP contribution in [0.4, 0.5) is 5.69 Å². The van der Waals surface area contributed by atoms with Gasteiger partial charge in [-0.1, -0.05) is 6.92 Å². The van der Waals surface area contributed by atoms with E-state index in [1.807, 2.05) is 0 Å². The molecule has 1 aromatic carbocycles. The van der Waals surface area contributed by atoms with Gasteiger partial charge in [-0.3, -0.25) is 9.59 Å². The first-order valence-corrected chi connectivity index (χ1v) is 6.74. The summed E-state index contributed by atoms with van der Waals surface area (Å²) in [5.74, 6) is -2.14. The van der Waals surface area contributed by atoms with E-state index >= 15 is 0 Å². The first kappa shape index (κ1) is 16.7. The number of ether oxygens (including phenoxy) is 1. The van der Waals surface area contributed by atoms with Crippen LogP contribution in [-0.2, 0) is 14.3 Å². The van der Waals surface area contributed by atoms with Crippen molar-refractivity contribution in [2.45, 2.75) is 26.7 Å². The molecule has 0 spiro atoms. The Kier molecular flexibility index (Phi) is 6.39. The number of hydrogen-bond acceptors (Lipinski definition) is 4. The van der Waals surface area contributed by atoms with Crippen LogP contribution in [0.3, 0.4) is 0 Å². The van der Waals surface area contributed by atoms with Crippen LogP contribution in [-0.4, -0.2) is 29.6 Å². The van der Waals surface area contributed by atoms with Gasteiger partial charge in [0.2, 0.25) is 5.91 Å². The summed E-state index contributed by atoms with van der Waals surface area (Å²) in [5, 5.41) is 11.4. The number of esters is 1. The second-order valence-electron chi connectivity index (χ2n) is 4.62. The molecule has 0 bridgehead atoms. The molecule has 0 saturated carbocycles. The molecule has 1 aromatic rings. The van der Waals surface area contributed by atoms with Gasteiger partial charge >= 0.3 is 11.9 Å². The highest BCUT2D eigenvalue weighted by Gasteiger charge is 2.13. The maximum absolute atomic E-state index is 11.7. The lowest BCUT2D eigenvalue weighted by Crippen LogP contribution is -2.16. The monoisotopic (exact) mass is 293 g/mol. The molecular weight excluding hydrogens is 274 g/mol. The summed E-state index contributed by atoms with van der Waals surface area (Å²) in [4.78, 5) is 33.8. The molecule has 0 heterocycles. The lowest BCUT2D eigenvalue weighted by atomic mass is 10.1. The molecule has 114 valence electrons. The Bertz CT molecular complexity index is 509. The minimum absolute atomic E-state index is 0.132. The first-order valence-electron chi connectivity index (χ1n) is 6.74. The number of rotatable bonds is 7. The molecule has 0 aliphatic rings. The third-order valence-electron chi connectivity index (χ3n) is 2.91. The molecule has 6 heteroatoms. The number of carbonyl (C=O) groups is 3. The van der Waals surface area contributed by atoms with E-state index in [4.69, 9.17) is 9.84 Å². The number of carboxylic acids is 1. The minimum atomic E-state index is -0.915. The van der Waals surface area contributed by atoms with Crippen molar-refractivity contribution in [3.05, 3.63) is 29.8 Å². The number of carboxylic acid groups (broad SMARTS) is 1. The average molecular weight is 293 g/mol. The van der Waals surface area contributed by atoms with Crippen molar-refractivity contribution >= 4 is 23.5 Å². The van der Waals surface area contributed by atoms with Gasteiger partial charge < -0.3 is 15.2 Å². The van der Waals surface area contributed by atoms with Crippen LogP contribution in [0.25, 0.3) is 0 Å². The van der Waals surface area contributed by atoms with Crippen LogP contribution in [0, 0.1) is 5.92 Å². The van der Waals surface area contributed by atoms with E-state index in [1.165, 1.54) is 0 Å². The fraction of sp³-hybridized carbons (Fsp3) is 0.400. The van der Waals surface area contributed by atoms with Crippen LogP contribution < -0.4 is 5.32 Å². The smallest absolute Gasteiger partial charge is 0.338 e. The summed E-state index contributed by atoms with van der Waals surface area (Å²) in [5.41, 5.74) is 0.963. The standard InChI is InChI=1S/C15H19NO5/c1-3-21-15(20)11-5-7-12(8-6-11)16-13(17)9-4-10(2)14(18)19/h5-8,10H,3-4,9H2,1-2H3,(H,16,17)(H,18,19)/t10-/m0/s1. The Morgan fingerprint density at radius 3 is 2.38 bits per heavy atom. The number of benzene rings is 1. The van der Waals surface area contributed by atoms with Crippen molar-refractivity contribution in [2.24, 2.45) is 5.92 Å². The average Bonchev–Trinajstić information content (AvgIpc) is 2.45. The van der Waals surface area contributed by atoms with Gasteiger partial charge in [0.1, 0.15) is 0 Å². The number of aliphatic carboxylic acids is 1. The fourth-order valence-corrected chi connectivity index (χ4v) is 1.60. The molecule has 1 amide bonds. The van der Waals surface area contributed by atoms with Crippen LogP contribution in [0.2, 0.25) is 0 Å². The Labute approximate surface area is 123 Å². The van der Waals surface area contributed by atoms with Gasteiger partial charge in [-0.25, -0.2) is 4.79 Å². The second-order valence-corrected chi connectivity index (χ2v) is 4.62. The van der Waals surface area contributed by atoms with E-state index in [0.717, 1.165) is 0 Å². The van der Waals surface area contributed by atoms with Crippen molar-refractivity contribution in [2.75, 3.05) is 11.9 Å². The summed E-state index contributed by atoms with van der Waals surface area (Å²) in [6.45, 7) is 3.59. The number of nitrogens with one attached hydrogen (secondary N) is 1. The van der Waals surface area contributed by atoms with Gasteiger partial charge in [0, 0.05) is 12.1 Å². The Morgan fingerprint density at radius 2 is 1.86 bits per heavy atom. The van der Waals surface area contributed by atoms with Gasteiger partial charge in [0.25, 0.3) is 0 Å². The van der Waals surface area contributed by atoms with Crippen LogP contribution in [0.15, 0.2) is 24.3 Å². The van der Waals surface area contributed by atoms with Crippen molar-refractivity contribution in [1.29, 1.82) is 0 Å². The Hall–Kier alpha value is -2.37. The summed E-state index contributed by atoms with van der Waals surface area (Å²) in [7, 11) is 0. The number of amides is 1. The maximum atomic E-state index is 11.7. The van der Waals surface area contributed by atoms with E-state index in [2.05, 4.69) is 5.32 Å². The molecule has 0 saturated heterocycles. The third kappa shape index (κ3) is 5.64. The minimum Gasteiger partial charge on any atom is -0.481 e. The highest BCUT2D eigenvalue weighted by atomic mass is 16.5. The number of hydrogen-bond donors (Lipinski definition) is 2. The van der Waals surface area contributed by atoms with Crippen molar-refractivity contribution in [1.82, 2.24) is 0 Å². The van der Waals surface area contributed by atoms with Crippen molar-refractivity contribution < 1.29 is 24.2 Å². The zero-order valence-electron chi connectivity index (χ0n) is 12.1. The fourth-order valence-electron chi connectivity index (χ4n) is 1.60. The molecule has 0 unspecified atom stereocenters. The van der Waals surface area contributed by atoms with Crippen molar-refractivity contribution in [3.8, 4) is 0 Å². The number of carbonyl (C=O) groups excluding carboxylic acids is 2. The zero-order valence-corrected chi connectivity index (χ0v) is 12.1. The lowest BCUT2D eigenvalue weighted by molar-refractivity contribution is -0.141. The van der Waals surface area contributed by atoms with Gasteiger partial charge in [0.05, 0.1) is 18.1 Å². The SMILES string of the molecule is CCOC(=O)c1ccc(NC(=O)CC[C@H](C)C(=O)O)cc1. The number of anilines is 1. The molecule has 0 aromatic heterocycles. The summed E-state index contributed by atoms with van der Waals surface area (Å²) in [6.07, 6.45) is 0.412. The van der Waals surface area contributed by atoms with E-state index in [1.54, 1.807) is 38.1 Å². The molecule has 6 nitrogen and oxygen atoms in total. The normalized spacial score (nSPS) is 11.5.